The second-order valence-electron chi connectivity index (χ2n) is 4.65. The predicted molar refractivity (Wildman–Crippen MR) is 66.2 cm³/mol. The second kappa shape index (κ2) is 4.61. The van der Waals surface area contributed by atoms with Gasteiger partial charge in [-0.25, -0.2) is 8.96 Å². The molecule has 2 rings (SSSR count). The van der Waals surface area contributed by atoms with Crippen molar-refractivity contribution in [2.75, 3.05) is 27.2 Å². The van der Waals surface area contributed by atoms with Crippen LogP contribution in [0.4, 0.5) is 0 Å². The van der Waals surface area contributed by atoms with Crippen LogP contribution < -0.4 is 5.32 Å². The van der Waals surface area contributed by atoms with E-state index in [2.05, 4.69) is 10.3 Å². The molecular weight excluding hydrogens is 256 g/mol. The van der Waals surface area contributed by atoms with Gasteiger partial charge in [0.05, 0.1) is 11.9 Å². The molecule has 2 heterocycles. The molecule has 0 unspecified atom stereocenters. The molecule has 1 fully saturated rings. The van der Waals surface area contributed by atoms with Crippen LogP contribution in [-0.4, -0.2) is 54.0 Å². The maximum absolute atomic E-state index is 12.1. The minimum Gasteiger partial charge on any atom is -0.383 e. The molecule has 7 nitrogen and oxygen atoms in total. The Labute approximate surface area is 107 Å². The Morgan fingerprint density at radius 3 is 2.61 bits per heavy atom. The van der Waals surface area contributed by atoms with Crippen molar-refractivity contribution in [2.45, 2.75) is 18.4 Å². The highest BCUT2D eigenvalue weighted by Gasteiger charge is 2.37. The zero-order valence-corrected chi connectivity index (χ0v) is 11.3. The Hall–Kier alpha value is -0.960. The van der Waals surface area contributed by atoms with Gasteiger partial charge in [0.15, 0.2) is 0 Å². The Kier molecular flexibility index (Phi) is 3.45. The molecule has 0 spiro atoms. The third-order valence-corrected chi connectivity index (χ3v) is 4.93. The fourth-order valence-corrected chi connectivity index (χ4v) is 3.06. The van der Waals surface area contributed by atoms with Crippen LogP contribution in [-0.2, 0) is 15.8 Å². The molecule has 8 heteroatoms. The molecule has 0 radical (unpaired) electrons. The van der Waals surface area contributed by atoms with Gasteiger partial charge in [-0.15, -0.1) is 0 Å². The summed E-state index contributed by atoms with van der Waals surface area (Å²) in [5.41, 5.74) is -0.803. The first-order valence-electron chi connectivity index (χ1n) is 5.77. The highest BCUT2D eigenvalue weighted by Crippen LogP contribution is 2.31. The number of hydrogen-bond acceptors (Lipinski definition) is 5. The standard InChI is InChI=1S/C10H18N4O3S/c1-13(2)18(16,17)14-8-12-7-9(14)10(15)3-5-11-6-4-10/h7-8,11,15H,3-6H2,1-2H3. The van der Waals surface area contributed by atoms with Gasteiger partial charge in [-0.3, -0.25) is 0 Å². The van der Waals surface area contributed by atoms with Crippen molar-refractivity contribution < 1.29 is 13.5 Å². The first kappa shape index (κ1) is 13.5. The summed E-state index contributed by atoms with van der Waals surface area (Å²) in [6, 6.07) is 0. The maximum atomic E-state index is 12.1. The van der Waals surface area contributed by atoms with E-state index in [9.17, 15) is 13.5 Å². The van der Waals surface area contributed by atoms with Crippen LogP contribution in [0.15, 0.2) is 12.5 Å². The van der Waals surface area contributed by atoms with E-state index in [1.165, 1.54) is 26.6 Å². The van der Waals surface area contributed by atoms with Crippen molar-refractivity contribution in [3.63, 3.8) is 0 Å². The molecule has 0 aliphatic carbocycles. The zero-order valence-electron chi connectivity index (χ0n) is 10.5. The Morgan fingerprint density at radius 2 is 2.06 bits per heavy atom. The first-order chi connectivity index (χ1) is 8.38. The fraction of sp³-hybridized carbons (Fsp3) is 0.700. The molecule has 0 saturated carbocycles. The minimum absolute atomic E-state index is 0.331. The van der Waals surface area contributed by atoms with Gasteiger partial charge in [0.2, 0.25) is 0 Å². The monoisotopic (exact) mass is 274 g/mol. The van der Waals surface area contributed by atoms with Crippen LogP contribution in [0.1, 0.15) is 18.5 Å². The van der Waals surface area contributed by atoms with Crippen LogP contribution in [0.5, 0.6) is 0 Å². The largest absolute Gasteiger partial charge is 0.383 e. The minimum atomic E-state index is -3.64. The lowest BCUT2D eigenvalue weighted by molar-refractivity contribution is 0.00105. The fourth-order valence-electron chi connectivity index (χ4n) is 2.07. The van der Waals surface area contributed by atoms with E-state index >= 15 is 0 Å². The van der Waals surface area contributed by atoms with Gasteiger partial charge in [0, 0.05) is 14.1 Å². The van der Waals surface area contributed by atoms with Crippen molar-refractivity contribution >= 4 is 10.2 Å². The third kappa shape index (κ3) is 2.16. The number of aromatic nitrogens is 2. The quantitative estimate of drug-likeness (QED) is 0.746. The van der Waals surface area contributed by atoms with Gasteiger partial charge >= 0.3 is 10.2 Å². The van der Waals surface area contributed by atoms with Gasteiger partial charge in [0.25, 0.3) is 0 Å². The molecule has 1 aliphatic heterocycles. The summed E-state index contributed by atoms with van der Waals surface area (Å²) < 4.78 is 26.4. The highest BCUT2D eigenvalue weighted by atomic mass is 32.2. The van der Waals surface area contributed by atoms with E-state index < -0.39 is 15.8 Å². The summed E-state index contributed by atoms with van der Waals surface area (Å²) >= 11 is 0. The molecule has 18 heavy (non-hydrogen) atoms. The number of nitrogens with zero attached hydrogens (tertiary/aromatic N) is 3. The van der Waals surface area contributed by atoms with Gasteiger partial charge in [-0.1, -0.05) is 0 Å². The first-order valence-corrected chi connectivity index (χ1v) is 7.16. The predicted octanol–water partition coefficient (Wildman–Crippen LogP) is -0.891. The molecule has 102 valence electrons. The highest BCUT2D eigenvalue weighted by molar-refractivity contribution is 7.87. The lowest BCUT2D eigenvalue weighted by Crippen LogP contribution is -2.42. The van der Waals surface area contributed by atoms with Gasteiger partial charge in [-0.05, 0) is 25.9 Å². The van der Waals surface area contributed by atoms with Crippen molar-refractivity contribution in [1.82, 2.24) is 18.6 Å². The van der Waals surface area contributed by atoms with Crippen LogP contribution in [0.25, 0.3) is 0 Å². The number of aliphatic hydroxyl groups is 1. The van der Waals surface area contributed by atoms with E-state index in [0.717, 1.165) is 8.28 Å². The third-order valence-electron chi connectivity index (χ3n) is 3.22. The van der Waals surface area contributed by atoms with E-state index in [1.54, 1.807) is 0 Å². The summed E-state index contributed by atoms with van der Waals surface area (Å²) in [5, 5.41) is 13.7. The molecule has 0 atom stereocenters. The van der Waals surface area contributed by atoms with E-state index in [1.807, 2.05) is 0 Å². The summed E-state index contributed by atoms with van der Waals surface area (Å²) in [5.74, 6) is 0. The molecule has 1 aromatic rings. The lowest BCUT2D eigenvalue weighted by atomic mass is 9.90. The number of piperidine rings is 1. The number of imidazole rings is 1. The molecular formula is C10H18N4O3S. The Morgan fingerprint density at radius 1 is 1.44 bits per heavy atom. The van der Waals surface area contributed by atoms with Crippen LogP contribution in [0, 0.1) is 0 Å². The van der Waals surface area contributed by atoms with Crippen molar-refractivity contribution in [1.29, 1.82) is 0 Å². The average Bonchev–Trinajstić information content (AvgIpc) is 2.79. The lowest BCUT2D eigenvalue weighted by Gasteiger charge is -2.33. The number of rotatable bonds is 3. The maximum Gasteiger partial charge on any atom is 0.308 e. The topological polar surface area (TPSA) is 87.5 Å². The van der Waals surface area contributed by atoms with Crippen molar-refractivity contribution in [3.05, 3.63) is 18.2 Å². The number of nitrogens with one attached hydrogen (secondary N) is 1. The van der Waals surface area contributed by atoms with E-state index in [4.69, 9.17) is 0 Å². The summed E-state index contributed by atoms with van der Waals surface area (Å²) in [4.78, 5) is 3.87. The average molecular weight is 274 g/mol. The van der Waals surface area contributed by atoms with Crippen molar-refractivity contribution in [3.8, 4) is 0 Å². The van der Waals surface area contributed by atoms with Crippen LogP contribution in [0.3, 0.4) is 0 Å². The second-order valence-corrected chi connectivity index (χ2v) is 6.67. The summed E-state index contributed by atoms with van der Waals surface area (Å²) in [6.45, 7) is 1.31. The smallest absolute Gasteiger partial charge is 0.308 e. The molecule has 1 saturated heterocycles. The zero-order chi connectivity index (χ0) is 13.4. The molecule has 0 amide bonds. The Balaban J connectivity index is 2.45. The molecule has 0 aromatic carbocycles. The molecule has 1 aliphatic rings. The van der Waals surface area contributed by atoms with E-state index in [0.29, 0.717) is 31.6 Å². The molecule has 0 bridgehead atoms. The molecule has 2 N–H and O–H groups in total. The Bertz CT molecular complexity index is 517. The van der Waals surface area contributed by atoms with Crippen LogP contribution in [0.2, 0.25) is 0 Å². The van der Waals surface area contributed by atoms with Crippen molar-refractivity contribution in [2.24, 2.45) is 0 Å². The van der Waals surface area contributed by atoms with E-state index in [-0.39, 0.29) is 0 Å². The normalized spacial score (nSPS) is 20.2. The summed E-state index contributed by atoms with van der Waals surface area (Å²) in [6.07, 6.45) is 3.60. The number of hydrogen-bond donors (Lipinski definition) is 2. The van der Waals surface area contributed by atoms with Gasteiger partial charge in [0.1, 0.15) is 11.9 Å². The van der Waals surface area contributed by atoms with Crippen LogP contribution >= 0.6 is 0 Å². The van der Waals surface area contributed by atoms with Gasteiger partial charge < -0.3 is 10.4 Å². The summed E-state index contributed by atoms with van der Waals surface area (Å²) in [7, 11) is -0.745. The SMILES string of the molecule is CN(C)S(=O)(=O)n1cncc1C1(O)CCNCC1. The van der Waals surface area contributed by atoms with Gasteiger partial charge in [-0.2, -0.15) is 12.7 Å². The molecule has 1 aromatic heterocycles.